The Bertz CT molecular complexity index is 562. The van der Waals surface area contributed by atoms with Crippen LogP contribution in [0.2, 0.25) is 0 Å². The highest BCUT2D eigenvalue weighted by Crippen LogP contribution is 2.16. The second-order valence-electron chi connectivity index (χ2n) is 4.22. The average molecular weight is 247 g/mol. The number of nitrogens with two attached hydrogens (primary N) is 1. The number of hydrogen-bond acceptors (Lipinski definition) is 4. The number of benzene rings is 1. The summed E-state index contributed by atoms with van der Waals surface area (Å²) in [7, 11) is 1.35. The van der Waals surface area contributed by atoms with E-state index in [1.807, 2.05) is 31.2 Å². The molecule has 2 aromatic rings. The molecule has 0 aliphatic rings. The van der Waals surface area contributed by atoms with E-state index in [1.54, 1.807) is 0 Å². The summed E-state index contributed by atoms with van der Waals surface area (Å²) in [5.74, 6) is 0.547. The number of ether oxygens (including phenoxy) is 1. The highest BCUT2D eigenvalue weighted by atomic mass is 16.5. The number of fused-ring (bicyclic) bond motifs is 1. The summed E-state index contributed by atoms with van der Waals surface area (Å²) in [6.45, 7) is 2.60. The molecule has 5 nitrogen and oxygen atoms in total. The number of imidazole rings is 1. The zero-order valence-electron chi connectivity index (χ0n) is 10.6. The van der Waals surface area contributed by atoms with Crippen molar-refractivity contribution in [3.63, 3.8) is 0 Å². The van der Waals surface area contributed by atoms with E-state index in [2.05, 4.69) is 14.3 Å². The van der Waals surface area contributed by atoms with Gasteiger partial charge in [-0.15, -0.1) is 0 Å². The maximum atomic E-state index is 11.2. The largest absolute Gasteiger partial charge is 0.468 e. The van der Waals surface area contributed by atoms with E-state index >= 15 is 0 Å². The third-order valence-corrected chi connectivity index (χ3v) is 3.01. The van der Waals surface area contributed by atoms with E-state index in [0.29, 0.717) is 13.0 Å². The molecule has 1 atom stereocenters. The first-order valence-electron chi connectivity index (χ1n) is 5.88. The highest BCUT2D eigenvalue weighted by molar-refractivity contribution is 5.76. The summed E-state index contributed by atoms with van der Waals surface area (Å²) >= 11 is 0. The van der Waals surface area contributed by atoms with Crippen LogP contribution in [0.15, 0.2) is 24.3 Å². The molecule has 0 bridgehead atoms. The van der Waals surface area contributed by atoms with Crippen LogP contribution in [0.25, 0.3) is 11.0 Å². The Hall–Kier alpha value is -1.88. The summed E-state index contributed by atoms with van der Waals surface area (Å²) in [5, 5.41) is 0. The molecule has 0 amide bonds. The summed E-state index contributed by atoms with van der Waals surface area (Å²) in [6, 6.07) is 7.33. The van der Waals surface area contributed by atoms with E-state index in [4.69, 9.17) is 5.73 Å². The van der Waals surface area contributed by atoms with E-state index in [-0.39, 0.29) is 5.97 Å². The Labute approximate surface area is 106 Å². The van der Waals surface area contributed by atoms with E-state index < -0.39 is 6.04 Å². The van der Waals surface area contributed by atoms with Crippen molar-refractivity contribution in [3.8, 4) is 0 Å². The number of carbonyl (C=O) groups is 1. The Balaban J connectivity index is 2.17. The standard InChI is InChI=1S/C13H17N3O2/c1-9-15-11-5-3-4-6-12(11)16(9)8-7-10(14)13(17)18-2/h3-6,10H,7-8,14H2,1-2H3. The minimum absolute atomic E-state index is 0.378. The van der Waals surface area contributed by atoms with Gasteiger partial charge in [-0.2, -0.15) is 0 Å². The first kappa shape index (κ1) is 12.6. The second-order valence-corrected chi connectivity index (χ2v) is 4.22. The predicted molar refractivity (Wildman–Crippen MR) is 69.1 cm³/mol. The van der Waals surface area contributed by atoms with Gasteiger partial charge in [-0.1, -0.05) is 12.1 Å². The Kier molecular flexibility index (Phi) is 3.62. The van der Waals surface area contributed by atoms with Crippen molar-refractivity contribution in [2.75, 3.05) is 7.11 Å². The third-order valence-electron chi connectivity index (χ3n) is 3.01. The fourth-order valence-corrected chi connectivity index (χ4v) is 2.02. The Morgan fingerprint density at radius 1 is 1.50 bits per heavy atom. The molecule has 5 heteroatoms. The number of carbonyl (C=O) groups excluding carboxylic acids is 1. The summed E-state index contributed by atoms with van der Waals surface area (Å²) in [6.07, 6.45) is 0.536. The van der Waals surface area contributed by atoms with Crippen molar-refractivity contribution in [2.45, 2.75) is 25.9 Å². The normalized spacial score (nSPS) is 12.6. The fourth-order valence-electron chi connectivity index (χ4n) is 2.02. The number of nitrogens with zero attached hydrogens (tertiary/aromatic N) is 2. The third kappa shape index (κ3) is 2.36. The molecule has 18 heavy (non-hydrogen) atoms. The molecule has 0 radical (unpaired) electrons. The van der Waals surface area contributed by atoms with Crippen LogP contribution in [-0.4, -0.2) is 28.7 Å². The van der Waals surface area contributed by atoms with Crippen molar-refractivity contribution in [3.05, 3.63) is 30.1 Å². The predicted octanol–water partition coefficient (Wildman–Crippen LogP) is 1.24. The molecule has 1 aromatic heterocycles. The smallest absolute Gasteiger partial charge is 0.322 e. The minimum atomic E-state index is -0.587. The average Bonchev–Trinajstić information content (AvgIpc) is 2.70. The molecule has 2 rings (SSSR count). The SMILES string of the molecule is COC(=O)C(N)CCn1c(C)nc2ccccc21. The fraction of sp³-hybridized carbons (Fsp3) is 0.385. The van der Waals surface area contributed by atoms with Crippen LogP contribution in [0.1, 0.15) is 12.2 Å². The molecule has 1 heterocycles. The van der Waals surface area contributed by atoms with Gasteiger partial charge in [0.25, 0.3) is 0 Å². The van der Waals surface area contributed by atoms with E-state index in [1.165, 1.54) is 7.11 Å². The Morgan fingerprint density at radius 3 is 2.94 bits per heavy atom. The zero-order valence-corrected chi connectivity index (χ0v) is 10.6. The molecule has 0 fully saturated rings. The van der Waals surface area contributed by atoms with Crippen LogP contribution < -0.4 is 5.73 Å². The maximum absolute atomic E-state index is 11.2. The van der Waals surface area contributed by atoms with Gasteiger partial charge < -0.3 is 15.0 Å². The summed E-state index contributed by atoms with van der Waals surface area (Å²) in [5.41, 5.74) is 7.75. The number of rotatable bonds is 4. The van der Waals surface area contributed by atoms with Gasteiger partial charge in [-0.25, -0.2) is 4.98 Å². The van der Waals surface area contributed by atoms with E-state index in [9.17, 15) is 4.79 Å². The van der Waals surface area contributed by atoms with Crippen LogP contribution in [0.4, 0.5) is 0 Å². The maximum Gasteiger partial charge on any atom is 0.322 e. The lowest BCUT2D eigenvalue weighted by Gasteiger charge is -2.11. The molecular formula is C13H17N3O2. The summed E-state index contributed by atoms with van der Waals surface area (Å²) in [4.78, 5) is 15.7. The number of methoxy groups -OCH3 is 1. The molecule has 0 saturated carbocycles. The lowest BCUT2D eigenvalue weighted by molar-refractivity contribution is -0.142. The monoisotopic (exact) mass is 247 g/mol. The number of hydrogen-bond donors (Lipinski definition) is 1. The molecule has 0 aliphatic carbocycles. The van der Waals surface area contributed by atoms with Crippen molar-refractivity contribution >= 4 is 17.0 Å². The van der Waals surface area contributed by atoms with Crippen molar-refractivity contribution in [2.24, 2.45) is 5.73 Å². The van der Waals surface area contributed by atoms with Crippen molar-refractivity contribution in [1.82, 2.24) is 9.55 Å². The molecule has 1 unspecified atom stereocenters. The van der Waals surface area contributed by atoms with Gasteiger partial charge in [-0.3, -0.25) is 4.79 Å². The van der Waals surface area contributed by atoms with Crippen LogP contribution in [-0.2, 0) is 16.1 Å². The summed E-state index contributed by atoms with van der Waals surface area (Å²) < 4.78 is 6.68. The first-order valence-corrected chi connectivity index (χ1v) is 5.88. The molecular weight excluding hydrogens is 230 g/mol. The second kappa shape index (κ2) is 5.18. The molecule has 96 valence electrons. The van der Waals surface area contributed by atoms with Gasteiger partial charge in [0.1, 0.15) is 11.9 Å². The van der Waals surface area contributed by atoms with Crippen LogP contribution in [0.3, 0.4) is 0 Å². The Morgan fingerprint density at radius 2 is 2.22 bits per heavy atom. The van der Waals surface area contributed by atoms with E-state index in [0.717, 1.165) is 16.9 Å². The van der Waals surface area contributed by atoms with Gasteiger partial charge in [0.2, 0.25) is 0 Å². The lowest BCUT2D eigenvalue weighted by atomic mass is 10.2. The topological polar surface area (TPSA) is 70.1 Å². The van der Waals surface area contributed by atoms with Crippen LogP contribution in [0, 0.1) is 6.92 Å². The van der Waals surface area contributed by atoms with Crippen LogP contribution in [0.5, 0.6) is 0 Å². The van der Waals surface area contributed by atoms with Gasteiger partial charge in [-0.05, 0) is 25.5 Å². The van der Waals surface area contributed by atoms with Gasteiger partial charge in [0.15, 0.2) is 0 Å². The van der Waals surface area contributed by atoms with Gasteiger partial charge >= 0.3 is 5.97 Å². The quantitative estimate of drug-likeness (QED) is 0.825. The minimum Gasteiger partial charge on any atom is -0.468 e. The molecule has 1 aromatic carbocycles. The van der Waals surface area contributed by atoms with Crippen LogP contribution >= 0.6 is 0 Å². The number of para-hydroxylation sites is 2. The highest BCUT2D eigenvalue weighted by Gasteiger charge is 2.15. The molecule has 0 saturated heterocycles. The molecule has 0 aliphatic heterocycles. The van der Waals surface area contributed by atoms with Crippen molar-refractivity contribution < 1.29 is 9.53 Å². The zero-order chi connectivity index (χ0) is 13.1. The molecule has 0 spiro atoms. The van der Waals surface area contributed by atoms with Gasteiger partial charge in [0, 0.05) is 6.54 Å². The van der Waals surface area contributed by atoms with Crippen molar-refractivity contribution in [1.29, 1.82) is 0 Å². The van der Waals surface area contributed by atoms with Gasteiger partial charge in [0.05, 0.1) is 18.1 Å². The number of aromatic nitrogens is 2. The lowest BCUT2D eigenvalue weighted by Crippen LogP contribution is -2.32. The number of aryl methyl sites for hydroxylation is 2. The number of esters is 1. The first-order chi connectivity index (χ1) is 8.63. The molecule has 2 N–H and O–H groups in total.